The molecule has 0 aliphatic carbocycles. The number of amides is 1. The molecule has 1 aliphatic rings. The van der Waals surface area contributed by atoms with Gasteiger partial charge in [-0.15, -0.1) is 0 Å². The van der Waals surface area contributed by atoms with E-state index in [1.807, 2.05) is 97.1 Å². The Bertz CT molecular complexity index is 1710. The predicted molar refractivity (Wildman–Crippen MR) is 158 cm³/mol. The number of benzene rings is 4. The van der Waals surface area contributed by atoms with Crippen molar-refractivity contribution in [3.63, 3.8) is 0 Å². The molecule has 4 aromatic carbocycles. The van der Waals surface area contributed by atoms with Gasteiger partial charge in [0.05, 0.1) is 23.7 Å². The van der Waals surface area contributed by atoms with E-state index >= 15 is 0 Å². The number of fused-ring (bicyclic) bond motifs is 2. The van der Waals surface area contributed by atoms with Crippen LogP contribution in [0.3, 0.4) is 0 Å². The molecule has 2 heterocycles. The second-order valence-electron chi connectivity index (χ2n) is 9.36. The van der Waals surface area contributed by atoms with Crippen LogP contribution in [-0.4, -0.2) is 30.1 Å². The normalized spacial score (nSPS) is 16.1. The molecule has 0 bridgehead atoms. The van der Waals surface area contributed by atoms with E-state index in [0.717, 1.165) is 28.0 Å². The third kappa shape index (κ3) is 5.22. The minimum Gasteiger partial charge on any atom is -0.493 e. The Morgan fingerprint density at radius 3 is 2.33 bits per heavy atom. The fourth-order valence-electron chi connectivity index (χ4n) is 5.01. The van der Waals surface area contributed by atoms with Crippen molar-refractivity contribution < 1.29 is 14.3 Å². The maximum atomic E-state index is 14.2. The lowest BCUT2D eigenvalue weighted by Crippen LogP contribution is -2.49. The topological polar surface area (TPSA) is 51.7 Å². The van der Waals surface area contributed by atoms with Crippen LogP contribution < -0.4 is 14.4 Å². The SMILES string of the molecule is O=C1c2ccc(Cl)cc2C(COc2ccccc2)C(C#CCOc2ccccc2)N1c1cccc2cccnc12. The maximum absolute atomic E-state index is 14.2. The first-order valence-corrected chi connectivity index (χ1v) is 13.4. The summed E-state index contributed by atoms with van der Waals surface area (Å²) in [5.41, 5.74) is 2.79. The van der Waals surface area contributed by atoms with Crippen molar-refractivity contribution >= 4 is 34.1 Å². The van der Waals surface area contributed by atoms with Crippen molar-refractivity contribution in [2.45, 2.75) is 12.0 Å². The van der Waals surface area contributed by atoms with Gasteiger partial charge in [0.15, 0.2) is 0 Å². The van der Waals surface area contributed by atoms with Crippen molar-refractivity contribution in [2.75, 3.05) is 18.1 Å². The molecule has 0 fully saturated rings. The van der Waals surface area contributed by atoms with Gasteiger partial charge < -0.3 is 9.47 Å². The van der Waals surface area contributed by atoms with Crippen molar-refractivity contribution in [3.05, 3.63) is 132 Å². The van der Waals surface area contributed by atoms with Crippen LogP contribution in [0.25, 0.3) is 10.9 Å². The summed E-state index contributed by atoms with van der Waals surface area (Å²) in [5, 5.41) is 1.49. The molecule has 6 rings (SSSR count). The quantitative estimate of drug-likeness (QED) is 0.213. The number of carbonyl (C=O) groups excluding carboxylic acids is 1. The molecular formula is C34H25ClN2O3. The van der Waals surface area contributed by atoms with E-state index in [9.17, 15) is 4.79 Å². The first-order chi connectivity index (χ1) is 19.7. The van der Waals surface area contributed by atoms with Crippen LogP contribution in [0.2, 0.25) is 5.02 Å². The molecule has 1 aliphatic heterocycles. The number of hydrogen-bond acceptors (Lipinski definition) is 4. The third-order valence-electron chi connectivity index (χ3n) is 6.87. The Morgan fingerprint density at radius 2 is 1.55 bits per heavy atom. The van der Waals surface area contributed by atoms with Crippen molar-refractivity contribution in [1.29, 1.82) is 0 Å². The average Bonchev–Trinajstić information content (AvgIpc) is 3.00. The molecule has 0 saturated heterocycles. The molecule has 0 spiro atoms. The molecule has 2 unspecified atom stereocenters. The zero-order chi connectivity index (χ0) is 27.3. The number of halogens is 1. The van der Waals surface area contributed by atoms with Crippen LogP contribution in [0.5, 0.6) is 11.5 Å². The number of rotatable bonds is 6. The lowest BCUT2D eigenvalue weighted by Gasteiger charge is -2.39. The van der Waals surface area contributed by atoms with Crippen LogP contribution >= 0.6 is 11.6 Å². The standard InChI is InChI=1S/C34H25ClN2O3/c35-25-18-19-28-29(22-25)30(23-40-27-14-5-2-6-15-27)31(17-9-21-39-26-12-3-1-4-13-26)37(34(28)38)32-16-7-10-24-11-8-20-36-33(24)32/h1-8,10-16,18-20,22,30-31H,21,23H2. The van der Waals surface area contributed by atoms with Gasteiger partial charge >= 0.3 is 0 Å². The number of pyridine rings is 1. The largest absolute Gasteiger partial charge is 0.493 e. The number of carbonyl (C=O) groups is 1. The molecule has 5 nitrogen and oxygen atoms in total. The summed E-state index contributed by atoms with van der Waals surface area (Å²) in [7, 11) is 0. The third-order valence-corrected chi connectivity index (χ3v) is 7.10. The lowest BCUT2D eigenvalue weighted by atomic mass is 9.83. The van der Waals surface area contributed by atoms with Gasteiger partial charge in [0.2, 0.25) is 0 Å². The first-order valence-electron chi connectivity index (χ1n) is 13.0. The zero-order valence-electron chi connectivity index (χ0n) is 21.5. The highest BCUT2D eigenvalue weighted by Gasteiger charge is 2.41. The van der Waals surface area contributed by atoms with Crippen LogP contribution in [-0.2, 0) is 0 Å². The van der Waals surface area contributed by atoms with E-state index < -0.39 is 6.04 Å². The Kier molecular flexibility index (Phi) is 7.34. The Balaban J connectivity index is 1.45. The minimum absolute atomic E-state index is 0.163. The second kappa shape index (κ2) is 11.5. The van der Waals surface area contributed by atoms with Gasteiger partial charge in [0, 0.05) is 22.2 Å². The van der Waals surface area contributed by atoms with Crippen LogP contribution in [0.4, 0.5) is 5.69 Å². The van der Waals surface area contributed by atoms with Gasteiger partial charge in [-0.3, -0.25) is 14.7 Å². The summed E-state index contributed by atoms with van der Waals surface area (Å²) >= 11 is 6.45. The number of ether oxygens (including phenoxy) is 2. The number of para-hydroxylation sites is 3. The molecule has 40 heavy (non-hydrogen) atoms. The Morgan fingerprint density at radius 1 is 0.825 bits per heavy atom. The highest BCUT2D eigenvalue weighted by Crippen LogP contribution is 2.39. The summed E-state index contributed by atoms with van der Waals surface area (Å²) in [6.45, 7) is 0.462. The number of anilines is 1. The van der Waals surface area contributed by atoms with Gasteiger partial charge in [-0.2, -0.15) is 0 Å². The molecule has 1 amide bonds. The van der Waals surface area contributed by atoms with E-state index in [0.29, 0.717) is 16.3 Å². The van der Waals surface area contributed by atoms with Gasteiger partial charge in [0.25, 0.3) is 5.91 Å². The van der Waals surface area contributed by atoms with Crippen LogP contribution in [0.15, 0.2) is 115 Å². The molecular weight excluding hydrogens is 520 g/mol. The smallest absolute Gasteiger partial charge is 0.259 e. The second-order valence-corrected chi connectivity index (χ2v) is 9.79. The molecule has 0 radical (unpaired) electrons. The van der Waals surface area contributed by atoms with E-state index in [1.54, 1.807) is 23.2 Å². The lowest BCUT2D eigenvalue weighted by molar-refractivity contribution is 0.0963. The molecule has 0 N–H and O–H groups in total. The highest BCUT2D eigenvalue weighted by atomic mass is 35.5. The van der Waals surface area contributed by atoms with Gasteiger partial charge in [0.1, 0.15) is 24.1 Å². The summed E-state index contributed by atoms with van der Waals surface area (Å²) in [6.07, 6.45) is 1.73. The van der Waals surface area contributed by atoms with Crippen molar-refractivity contribution in [2.24, 2.45) is 0 Å². The number of aromatic nitrogens is 1. The summed E-state index contributed by atoms with van der Waals surface area (Å²) < 4.78 is 12.1. The maximum Gasteiger partial charge on any atom is 0.259 e. The van der Waals surface area contributed by atoms with E-state index in [-0.39, 0.29) is 25.0 Å². The summed E-state index contributed by atoms with van der Waals surface area (Å²) in [4.78, 5) is 20.6. The first kappa shape index (κ1) is 25.5. The summed E-state index contributed by atoms with van der Waals surface area (Å²) in [5.74, 6) is 7.54. The van der Waals surface area contributed by atoms with Gasteiger partial charge in [-0.05, 0) is 60.2 Å². The molecule has 0 saturated carbocycles. The Hall–Kier alpha value is -4.79. The number of nitrogens with zero attached hydrogens (tertiary/aromatic N) is 2. The zero-order valence-corrected chi connectivity index (χ0v) is 22.3. The monoisotopic (exact) mass is 544 g/mol. The fourth-order valence-corrected chi connectivity index (χ4v) is 5.19. The summed E-state index contributed by atoms with van der Waals surface area (Å²) in [6, 6.07) is 33.7. The van der Waals surface area contributed by atoms with Crippen molar-refractivity contribution in [1.82, 2.24) is 4.98 Å². The van der Waals surface area contributed by atoms with E-state index in [1.165, 1.54) is 0 Å². The average molecular weight is 545 g/mol. The molecule has 6 heteroatoms. The predicted octanol–water partition coefficient (Wildman–Crippen LogP) is 7.16. The van der Waals surface area contributed by atoms with Crippen molar-refractivity contribution in [3.8, 4) is 23.3 Å². The van der Waals surface area contributed by atoms with E-state index in [2.05, 4.69) is 16.8 Å². The molecule has 196 valence electrons. The van der Waals surface area contributed by atoms with Crippen LogP contribution in [0, 0.1) is 11.8 Å². The highest BCUT2D eigenvalue weighted by molar-refractivity contribution is 6.31. The minimum atomic E-state index is -0.561. The fraction of sp³-hybridized carbons (Fsp3) is 0.118. The van der Waals surface area contributed by atoms with Gasteiger partial charge in [-0.1, -0.05) is 78.0 Å². The van der Waals surface area contributed by atoms with Crippen LogP contribution in [0.1, 0.15) is 21.8 Å². The Labute approximate surface area is 238 Å². The number of hydrogen-bond donors (Lipinski definition) is 0. The van der Waals surface area contributed by atoms with E-state index in [4.69, 9.17) is 21.1 Å². The van der Waals surface area contributed by atoms with Gasteiger partial charge in [-0.25, -0.2) is 0 Å². The molecule has 5 aromatic rings. The molecule has 2 atom stereocenters. The molecule has 1 aromatic heterocycles.